The van der Waals surface area contributed by atoms with Crippen molar-refractivity contribution in [2.75, 3.05) is 24.5 Å². The molecule has 0 amide bonds. The molecule has 0 radical (unpaired) electrons. The number of fused-ring (bicyclic) bond motifs is 2. The van der Waals surface area contributed by atoms with E-state index in [2.05, 4.69) is 92.2 Å². The van der Waals surface area contributed by atoms with Crippen molar-refractivity contribution >= 4 is 40.3 Å². The second-order valence-electron chi connectivity index (χ2n) is 7.91. The van der Waals surface area contributed by atoms with Gasteiger partial charge in [-0.05, 0) is 58.0 Å². The summed E-state index contributed by atoms with van der Waals surface area (Å²) < 4.78 is 0. The van der Waals surface area contributed by atoms with E-state index in [-0.39, 0.29) is 0 Å². The molecule has 156 valence electrons. The SMILES string of the molecule is CCCNC(=S)c1ccc2c(c1)N(C(C)CN(CC)C(C)C)c1ccccc1S2. The number of anilines is 2. The fourth-order valence-electron chi connectivity index (χ4n) is 3.87. The molecule has 1 aliphatic heterocycles. The molecule has 0 spiro atoms. The molecule has 0 aromatic heterocycles. The molecule has 2 aromatic rings. The lowest BCUT2D eigenvalue weighted by Crippen LogP contribution is -2.43. The molecule has 1 aliphatic rings. The standard InChI is InChI=1S/C24H33N3S2/c1-6-14-25-24(28)19-12-13-23-21(15-19)27(18(5)16-26(7-2)17(3)4)20-10-8-9-11-22(20)29-23/h8-13,15,17-18H,6-7,14,16H2,1-5H3,(H,25,28). The van der Waals surface area contributed by atoms with Crippen LogP contribution in [0.1, 0.15) is 46.6 Å². The van der Waals surface area contributed by atoms with E-state index in [1.54, 1.807) is 0 Å². The number of hydrogen-bond acceptors (Lipinski definition) is 4. The van der Waals surface area contributed by atoms with Crippen LogP contribution in [0.3, 0.4) is 0 Å². The fourth-order valence-corrected chi connectivity index (χ4v) is 5.15. The van der Waals surface area contributed by atoms with Crippen molar-refractivity contribution in [2.45, 2.75) is 62.9 Å². The smallest absolute Gasteiger partial charge is 0.106 e. The number of thiocarbonyl (C=S) groups is 1. The van der Waals surface area contributed by atoms with Crippen LogP contribution in [-0.4, -0.2) is 41.6 Å². The molecule has 0 fully saturated rings. The highest BCUT2D eigenvalue weighted by Crippen LogP contribution is 2.49. The lowest BCUT2D eigenvalue weighted by molar-refractivity contribution is 0.222. The minimum absolute atomic E-state index is 0.352. The second-order valence-corrected chi connectivity index (χ2v) is 9.40. The Bertz CT molecular complexity index is 850. The molecule has 0 bridgehead atoms. The van der Waals surface area contributed by atoms with Crippen LogP contribution < -0.4 is 10.2 Å². The summed E-state index contributed by atoms with van der Waals surface area (Å²) in [6.07, 6.45) is 1.07. The lowest BCUT2D eigenvalue weighted by atomic mass is 10.1. The molecule has 3 nitrogen and oxygen atoms in total. The summed E-state index contributed by atoms with van der Waals surface area (Å²) >= 11 is 7.51. The van der Waals surface area contributed by atoms with Crippen LogP contribution in [0.25, 0.3) is 0 Å². The van der Waals surface area contributed by atoms with Gasteiger partial charge in [-0.1, -0.05) is 56.0 Å². The van der Waals surface area contributed by atoms with E-state index in [9.17, 15) is 0 Å². The first kappa shape index (κ1) is 22.1. The van der Waals surface area contributed by atoms with Gasteiger partial charge in [-0.15, -0.1) is 0 Å². The molecule has 0 saturated carbocycles. The molecule has 2 aromatic carbocycles. The van der Waals surface area contributed by atoms with E-state index in [0.717, 1.165) is 36.6 Å². The van der Waals surface area contributed by atoms with Crippen LogP contribution in [0, 0.1) is 0 Å². The van der Waals surface area contributed by atoms with Gasteiger partial charge in [-0.2, -0.15) is 0 Å². The van der Waals surface area contributed by atoms with Crippen LogP contribution in [0.5, 0.6) is 0 Å². The summed E-state index contributed by atoms with van der Waals surface area (Å²) in [6.45, 7) is 14.3. The number of likely N-dealkylation sites (N-methyl/N-ethyl adjacent to an activating group) is 1. The van der Waals surface area contributed by atoms with Gasteiger partial charge in [0.2, 0.25) is 0 Å². The van der Waals surface area contributed by atoms with Crippen LogP contribution in [0.4, 0.5) is 11.4 Å². The van der Waals surface area contributed by atoms with Gasteiger partial charge in [0.1, 0.15) is 4.99 Å². The van der Waals surface area contributed by atoms with E-state index in [4.69, 9.17) is 12.2 Å². The van der Waals surface area contributed by atoms with Gasteiger partial charge in [-0.3, -0.25) is 4.90 Å². The molecule has 1 N–H and O–H groups in total. The van der Waals surface area contributed by atoms with E-state index >= 15 is 0 Å². The first-order chi connectivity index (χ1) is 14.0. The van der Waals surface area contributed by atoms with Crippen LogP contribution in [0.2, 0.25) is 0 Å². The molecular formula is C24H33N3S2. The highest BCUT2D eigenvalue weighted by molar-refractivity contribution is 7.99. The third kappa shape index (κ3) is 4.96. The monoisotopic (exact) mass is 427 g/mol. The Morgan fingerprint density at radius 3 is 2.48 bits per heavy atom. The van der Waals surface area contributed by atoms with Crippen LogP contribution in [-0.2, 0) is 0 Å². The third-order valence-electron chi connectivity index (χ3n) is 5.44. The topological polar surface area (TPSA) is 18.5 Å². The average Bonchev–Trinajstić information content (AvgIpc) is 2.73. The predicted octanol–water partition coefficient (Wildman–Crippen LogP) is 6.08. The molecule has 29 heavy (non-hydrogen) atoms. The van der Waals surface area contributed by atoms with Crippen molar-refractivity contribution in [3.63, 3.8) is 0 Å². The summed E-state index contributed by atoms with van der Waals surface area (Å²) in [6, 6.07) is 16.3. The van der Waals surface area contributed by atoms with Crippen molar-refractivity contribution in [1.29, 1.82) is 0 Å². The summed E-state index contributed by atoms with van der Waals surface area (Å²) in [7, 11) is 0. The van der Waals surface area contributed by atoms with Gasteiger partial charge in [-0.25, -0.2) is 0 Å². The van der Waals surface area contributed by atoms with Gasteiger partial charge in [0.05, 0.1) is 11.4 Å². The third-order valence-corrected chi connectivity index (χ3v) is 6.95. The summed E-state index contributed by atoms with van der Waals surface area (Å²) in [5, 5.41) is 3.37. The summed E-state index contributed by atoms with van der Waals surface area (Å²) in [4.78, 5) is 8.50. The minimum atomic E-state index is 0.352. The van der Waals surface area contributed by atoms with Gasteiger partial charge >= 0.3 is 0 Å². The molecule has 0 aliphatic carbocycles. The number of hydrogen-bond donors (Lipinski definition) is 1. The summed E-state index contributed by atoms with van der Waals surface area (Å²) in [5.74, 6) is 0. The quantitative estimate of drug-likeness (QED) is 0.513. The molecule has 1 unspecified atom stereocenters. The van der Waals surface area contributed by atoms with Crippen LogP contribution >= 0.6 is 24.0 Å². The number of nitrogens with zero attached hydrogens (tertiary/aromatic N) is 2. The predicted molar refractivity (Wildman–Crippen MR) is 131 cm³/mol. The van der Waals surface area contributed by atoms with Crippen molar-refractivity contribution in [2.24, 2.45) is 0 Å². The maximum absolute atomic E-state index is 5.65. The Kier molecular flexibility index (Phi) is 7.60. The fraction of sp³-hybridized carbons (Fsp3) is 0.458. The van der Waals surface area contributed by atoms with Gasteiger partial charge in [0.25, 0.3) is 0 Å². The summed E-state index contributed by atoms with van der Waals surface area (Å²) in [5.41, 5.74) is 3.65. The van der Waals surface area contributed by atoms with E-state index in [1.807, 2.05) is 11.8 Å². The van der Waals surface area contributed by atoms with Gasteiger partial charge < -0.3 is 10.2 Å². The van der Waals surface area contributed by atoms with Gasteiger partial charge in [0, 0.05) is 40.5 Å². The largest absolute Gasteiger partial charge is 0.376 e. The van der Waals surface area contributed by atoms with Crippen molar-refractivity contribution < 1.29 is 0 Å². The first-order valence-corrected chi connectivity index (χ1v) is 11.9. The zero-order chi connectivity index (χ0) is 21.0. The lowest BCUT2D eigenvalue weighted by Gasteiger charge is -2.40. The molecular weight excluding hydrogens is 394 g/mol. The Labute approximate surface area is 185 Å². The zero-order valence-corrected chi connectivity index (χ0v) is 19.9. The highest BCUT2D eigenvalue weighted by Gasteiger charge is 2.28. The molecule has 1 atom stereocenters. The normalized spacial score (nSPS) is 14.0. The number of rotatable bonds is 8. The molecule has 5 heteroatoms. The van der Waals surface area contributed by atoms with Crippen LogP contribution in [0.15, 0.2) is 52.3 Å². The number of nitrogens with one attached hydrogen (secondary N) is 1. The Hall–Kier alpha value is -1.56. The van der Waals surface area contributed by atoms with Crippen molar-refractivity contribution in [1.82, 2.24) is 10.2 Å². The Morgan fingerprint density at radius 1 is 1.07 bits per heavy atom. The average molecular weight is 428 g/mol. The van der Waals surface area contributed by atoms with E-state index in [0.29, 0.717) is 12.1 Å². The second kappa shape index (κ2) is 9.96. The minimum Gasteiger partial charge on any atom is -0.376 e. The first-order valence-electron chi connectivity index (χ1n) is 10.7. The number of para-hydroxylation sites is 1. The molecule has 0 saturated heterocycles. The Balaban J connectivity index is 1.99. The molecule has 1 heterocycles. The molecule has 3 rings (SSSR count). The van der Waals surface area contributed by atoms with Crippen molar-refractivity contribution in [3.8, 4) is 0 Å². The van der Waals surface area contributed by atoms with E-state index < -0.39 is 0 Å². The Morgan fingerprint density at radius 2 is 1.79 bits per heavy atom. The van der Waals surface area contributed by atoms with Crippen molar-refractivity contribution in [3.05, 3.63) is 48.0 Å². The highest BCUT2D eigenvalue weighted by atomic mass is 32.2. The maximum Gasteiger partial charge on any atom is 0.106 e. The van der Waals surface area contributed by atoms with E-state index in [1.165, 1.54) is 21.2 Å². The van der Waals surface area contributed by atoms with Gasteiger partial charge in [0.15, 0.2) is 0 Å². The number of benzene rings is 2. The maximum atomic E-state index is 5.65. The zero-order valence-electron chi connectivity index (χ0n) is 18.2.